The molecule has 18 heavy (non-hydrogen) atoms. The lowest BCUT2D eigenvalue weighted by atomic mass is 9.68. The molecule has 1 N–H and O–H groups in total. The summed E-state index contributed by atoms with van der Waals surface area (Å²) in [5, 5.41) is 11.6. The van der Waals surface area contributed by atoms with Gasteiger partial charge in [-0.3, -0.25) is 0 Å². The van der Waals surface area contributed by atoms with Crippen LogP contribution in [0, 0.1) is 17.8 Å². The second-order valence-corrected chi connectivity index (χ2v) is 6.65. The van der Waals surface area contributed by atoms with Crippen molar-refractivity contribution in [2.75, 3.05) is 0 Å². The van der Waals surface area contributed by atoms with Crippen molar-refractivity contribution in [2.24, 2.45) is 17.8 Å². The van der Waals surface area contributed by atoms with Crippen LogP contribution >= 0.6 is 11.6 Å². The molecule has 1 nitrogen and oxygen atoms in total. The van der Waals surface area contributed by atoms with E-state index in [2.05, 4.69) is 13.8 Å². The standard InChI is InChI=1S/C16H23ClO/c1-11-8-12(2)10-13(9-11)16(3,18)14-6-4-5-7-15(14)17/h4-7,11-13,18H,8-10H2,1-3H3. The van der Waals surface area contributed by atoms with Gasteiger partial charge in [-0.25, -0.2) is 0 Å². The van der Waals surface area contributed by atoms with Crippen molar-refractivity contribution in [3.05, 3.63) is 34.9 Å². The first-order valence-electron chi connectivity index (χ1n) is 6.88. The van der Waals surface area contributed by atoms with E-state index in [4.69, 9.17) is 11.6 Å². The molecule has 0 heterocycles. The molecule has 3 atom stereocenters. The third kappa shape index (κ3) is 2.73. The Balaban J connectivity index is 2.28. The van der Waals surface area contributed by atoms with Gasteiger partial charge in [-0.05, 0) is 50.0 Å². The summed E-state index contributed by atoms with van der Waals surface area (Å²) in [5.41, 5.74) is 0.0549. The lowest BCUT2D eigenvalue weighted by Gasteiger charge is -2.41. The molecule has 0 amide bonds. The Labute approximate surface area is 115 Å². The van der Waals surface area contributed by atoms with Crippen LogP contribution in [0.15, 0.2) is 24.3 Å². The second kappa shape index (κ2) is 5.22. The smallest absolute Gasteiger partial charge is 0.0911 e. The van der Waals surface area contributed by atoms with E-state index in [1.54, 1.807) is 0 Å². The zero-order valence-corrected chi connectivity index (χ0v) is 12.2. The van der Waals surface area contributed by atoms with Crippen molar-refractivity contribution in [3.8, 4) is 0 Å². The van der Waals surface area contributed by atoms with E-state index < -0.39 is 5.60 Å². The summed E-state index contributed by atoms with van der Waals surface area (Å²) in [4.78, 5) is 0. The largest absolute Gasteiger partial charge is 0.385 e. The molecule has 0 aromatic heterocycles. The zero-order valence-electron chi connectivity index (χ0n) is 11.5. The fourth-order valence-electron chi connectivity index (χ4n) is 3.50. The zero-order chi connectivity index (χ0) is 13.3. The van der Waals surface area contributed by atoms with Crippen LogP contribution in [0.25, 0.3) is 0 Å². The molecule has 0 spiro atoms. The monoisotopic (exact) mass is 266 g/mol. The maximum Gasteiger partial charge on any atom is 0.0911 e. The van der Waals surface area contributed by atoms with Crippen LogP contribution in [0.4, 0.5) is 0 Å². The minimum absolute atomic E-state index is 0.302. The summed E-state index contributed by atoms with van der Waals surface area (Å²) in [6.45, 7) is 6.49. The van der Waals surface area contributed by atoms with Gasteiger partial charge in [0.2, 0.25) is 0 Å². The van der Waals surface area contributed by atoms with Crippen molar-refractivity contribution in [1.82, 2.24) is 0 Å². The van der Waals surface area contributed by atoms with Crippen molar-refractivity contribution < 1.29 is 5.11 Å². The molecule has 1 aliphatic carbocycles. The highest BCUT2D eigenvalue weighted by atomic mass is 35.5. The fourth-order valence-corrected chi connectivity index (χ4v) is 3.82. The van der Waals surface area contributed by atoms with Gasteiger partial charge in [0.25, 0.3) is 0 Å². The fraction of sp³-hybridized carbons (Fsp3) is 0.625. The Morgan fingerprint density at radius 2 is 1.67 bits per heavy atom. The molecule has 1 aliphatic rings. The maximum atomic E-state index is 10.9. The van der Waals surface area contributed by atoms with Gasteiger partial charge in [-0.1, -0.05) is 43.6 Å². The number of rotatable bonds is 2. The Morgan fingerprint density at radius 1 is 1.11 bits per heavy atom. The first kappa shape index (κ1) is 13.9. The van der Waals surface area contributed by atoms with Gasteiger partial charge in [0.15, 0.2) is 0 Å². The first-order valence-corrected chi connectivity index (χ1v) is 7.26. The van der Waals surface area contributed by atoms with E-state index in [1.165, 1.54) is 6.42 Å². The molecule has 0 bridgehead atoms. The van der Waals surface area contributed by atoms with Gasteiger partial charge < -0.3 is 5.11 Å². The van der Waals surface area contributed by atoms with E-state index in [9.17, 15) is 5.11 Å². The Bertz CT molecular complexity index is 403. The van der Waals surface area contributed by atoms with E-state index in [1.807, 2.05) is 31.2 Å². The van der Waals surface area contributed by atoms with Gasteiger partial charge in [0.05, 0.1) is 5.60 Å². The molecule has 1 fully saturated rings. The van der Waals surface area contributed by atoms with Crippen molar-refractivity contribution in [1.29, 1.82) is 0 Å². The SMILES string of the molecule is CC1CC(C)CC(C(C)(O)c2ccccc2Cl)C1. The maximum absolute atomic E-state index is 10.9. The Hall–Kier alpha value is -0.530. The highest BCUT2D eigenvalue weighted by Crippen LogP contribution is 2.44. The summed E-state index contributed by atoms with van der Waals surface area (Å²) >= 11 is 6.24. The van der Waals surface area contributed by atoms with E-state index in [0.29, 0.717) is 22.8 Å². The molecule has 2 heteroatoms. The van der Waals surface area contributed by atoms with Gasteiger partial charge >= 0.3 is 0 Å². The average Bonchev–Trinajstić information content (AvgIpc) is 2.28. The number of hydrogen-bond acceptors (Lipinski definition) is 1. The Morgan fingerprint density at radius 3 is 2.22 bits per heavy atom. The van der Waals surface area contributed by atoms with Crippen LogP contribution in [-0.4, -0.2) is 5.11 Å². The number of benzene rings is 1. The average molecular weight is 267 g/mol. The summed E-state index contributed by atoms with van der Waals surface area (Å²) in [6.07, 6.45) is 3.44. The van der Waals surface area contributed by atoms with Crippen molar-refractivity contribution in [2.45, 2.75) is 45.6 Å². The lowest BCUT2D eigenvalue weighted by Crippen LogP contribution is -2.37. The predicted molar refractivity (Wildman–Crippen MR) is 76.7 cm³/mol. The quantitative estimate of drug-likeness (QED) is 0.828. The van der Waals surface area contributed by atoms with Crippen molar-refractivity contribution in [3.63, 3.8) is 0 Å². The molecule has 100 valence electrons. The summed E-state index contributed by atoms with van der Waals surface area (Å²) in [6, 6.07) is 7.67. The molecular formula is C16H23ClO. The highest BCUT2D eigenvalue weighted by molar-refractivity contribution is 6.31. The van der Waals surface area contributed by atoms with Gasteiger partial charge in [0, 0.05) is 10.6 Å². The van der Waals surface area contributed by atoms with E-state index in [0.717, 1.165) is 18.4 Å². The molecule has 1 saturated carbocycles. The summed E-state index contributed by atoms with van der Waals surface area (Å²) < 4.78 is 0. The first-order chi connectivity index (χ1) is 8.41. The topological polar surface area (TPSA) is 20.2 Å². The van der Waals surface area contributed by atoms with Gasteiger partial charge in [-0.15, -0.1) is 0 Å². The lowest BCUT2D eigenvalue weighted by molar-refractivity contribution is -0.0386. The molecular weight excluding hydrogens is 244 g/mol. The van der Waals surface area contributed by atoms with E-state index >= 15 is 0 Å². The number of hydrogen-bond donors (Lipinski definition) is 1. The van der Waals surface area contributed by atoms with E-state index in [-0.39, 0.29) is 0 Å². The molecule has 0 radical (unpaired) electrons. The molecule has 2 rings (SSSR count). The number of halogens is 1. The summed E-state index contributed by atoms with van der Waals surface area (Å²) in [7, 11) is 0. The molecule has 3 unspecified atom stereocenters. The van der Waals surface area contributed by atoms with Crippen LogP contribution in [-0.2, 0) is 5.60 Å². The minimum atomic E-state index is -0.818. The summed E-state index contributed by atoms with van der Waals surface area (Å²) in [5.74, 6) is 1.68. The second-order valence-electron chi connectivity index (χ2n) is 6.24. The molecule has 1 aromatic carbocycles. The normalized spacial score (nSPS) is 31.9. The van der Waals surface area contributed by atoms with Crippen molar-refractivity contribution >= 4 is 11.6 Å². The van der Waals surface area contributed by atoms with Crippen LogP contribution in [0.3, 0.4) is 0 Å². The number of aliphatic hydroxyl groups is 1. The third-order valence-electron chi connectivity index (χ3n) is 4.39. The van der Waals surface area contributed by atoms with Crippen LogP contribution < -0.4 is 0 Å². The van der Waals surface area contributed by atoms with Crippen LogP contribution in [0.2, 0.25) is 5.02 Å². The van der Waals surface area contributed by atoms with Gasteiger partial charge in [0.1, 0.15) is 0 Å². The molecule has 0 aliphatic heterocycles. The molecule has 0 saturated heterocycles. The minimum Gasteiger partial charge on any atom is -0.385 e. The van der Waals surface area contributed by atoms with Gasteiger partial charge in [-0.2, -0.15) is 0 Å². The third-order valence-corrected chi connectivity index (χ3v) is 4.72. The molecule has 1 aromatic rings. The van der Waals surface area contributed by atoms with Crippen LogP contribution in [0.5, 0.6) is 0 Å². The van der Waals surface area contributed by atoms with Crippen LogP contribution in [0.1, 0.15) is 45.6 Å². The predicted octanol–water partition coefficient (Wildman–Crippen LogP) is 4.62. The highest BCUT2D eigenvalue weighted by Gasteiger charge is 2.39. The Kier molecular flexibility index (Phi) is 4.03.